The highest BCUT2D eigenvalue weighted by atomic mass is 16.6. The number of allylic oxidation sites excluding steroid dienone is 6. The second kappa shape index (κ2) is 47.5. The second-order valence-corrected chi connectivity index (χ2v) is 16.4. The molecule has 0 heterocycles. The van der Waals surface area contributed by atoms with E-state index in [9.17, 15) is 9.59 Å². The lowest BCUT2D eigenvalue weighted by Gasteiger charge is -2.18. The topological polar surface area (TPSA) is 61.8 Å². The van der Waals surface area contributed by atoms with Crippen molar-refractivity contribution in [2.24, 2.45) is 0 Å². The van der Waals surface area contributed by atoms with Crippen LogP contribution in [0.5, 0.6) is 0 Å². The summed E-state index contributed by atoms with van der Waals surface area (Å²) in [4.78, 5) is 25.2. The van der Waals surface area contributed by atoms with Gasteiger partial charge in [0.1, 0.15) is 6.61 Å². The van der Waals surface area contributed by atoms with E-state index < -0.39 is 6.10 Å². The molecule has 0 amide bonds. The Morgan fingerprint density at radius 3 is 1.29 bits per heavy atom. The van der Waals surface area contributed by atoms with Crippen LogP contribution in [0, 0.1) is 0 Å². The van der Waals surface area contributed by atoms with E-state index in [0.29, 0.717) is 19.4 Å². The smallest absolute Gasteiger partial charge is 0.306 e. The molecule has 0 aliphatic carbocycles. The summed E-state index contributed by atoms with van der Waals surface area (Å²) in [6.07, 6.45) is 55.9. The fraction of sp³-hybridized carbons (Fsp3) is 0.843. The van der Waals surface area contributed by atoms with E-state index >= 15 is 0 Å². The first kappa shape index (κ1) is 54.1. The van der Waals surface area contributed by atoms with Gasteiger partial charge in [0.25, 0.3) is 0 Å². The van der Waals surface area contributed by atoms with E-state index in [0.717, 1.165) is 64.2 Å². The zero-order valence-electron chi connectivity index (χ0n) is 37.7. The first-order chi connectivity index (χ1) is 27.6. The monoisotopic (exact) mass is 787 g/mol. The first-order valence-electron chi connectivity index (χ1n) is 24.5. The molecule has 328 valence electrons. The van der Waals surface area contributed by atoms with Crippen LogP contribution in [0.2, 0.25) is 0 Å². The summed E-state index contributed by atoms with van der Waals surface area (Å²) in [5.41, 5.74) is 0. The van der Waals surface area contributed by atoms with E-state index in [-0.39, 0.29) is 25.2 Å². The Morgan fingerprint density at radius 1 is 0.411 bits per heavy atom. The van der Waals surface area contributed by atoms with Gasteiger partial charge in [-0.1, -0.05) is 224 Å². The predicted molar refractivity (Wildman–Crippen MR) is 242 cm³/mol. The van der Waals surface area contributed by atoms with Crippen molar-refractivity contribution in [1.82, 2.24) is 0 Å². The zero-order chi connectivity index (χ0) is 40.7. The van der Waals surface area contributed by atoms with Crippen molar-refractivity contribution in [3.8, 4) is 0 Å². The maximum atomic E-state index is 12.6. The molecular weight excluding hydrogens is 693 g/mol. The minimum absolute atomic E-state index is 0.0849. The van der Waals surface area contributed by atoms with Crippen molar-refractivity contribution in [3.63, 3.8) is 0 Å². The Labute approximate surface area is 349 Å². The Hall–Kier alpha value is -1.88. The number of carbonyl (C=O) groups is 2. The number of ether oxygens (including phenoxy) is 3. The molecule has 0 aliphatic rings. The fourth-order valence-electron chi connectivity index (χ4n) is 7.05. The lowest BCUT2D eigenvalue weighted by Crippen LogP contribution is -2.30. The minimum Gasteiger partial charge on any atom is -0.462 e. The van der Waals surface area contributed by atoms with Crippen LogP contribution in [0.15, 0.2) is 36.5 Å². The van der Waals surface area contributed by atoms with Gasteiger partial charge >= 0.3 is 11.9 Å². The van der Waals surface area contributed by atoms with E-state index in [1.807, 2.05) is 0 Å². The van der Waals surface area contributed by atoms with Gasteiger partial charge in [0.05, 0.1) is 6.61 Å². The van der Waals surface area contributed by atoms with Gasteiger partial charge in [-0.3, -0.25) is 9.59 Å². The van der Waals surface area contributed by atoms with E-state index in [4.69, 9.17) is 14.2 Å². The molecule has 0 spiro atoms. The molecular formula is C51H94O5. The second-order valence-electron chi connectivity index (χ2n) is 16.4. The molecule has 0 aromatic carbocycles. The van der Waals surface area contributed by atoms with Crippen LogP contribution in [0.1, 0.15) is 252 Å². The summed E-state index contributed by atoms with van der Waals surface area (Å²) >= 11 is 0. The number of hydrogen-bond donors (Lipinski definition) is 0. The highest BCUT2D eigenvalue weighted by Gasteiger charge is 2.17. The number of rotatable bonds is 45. The largest absolute Gasteiger partial charge is 0.462 e. The molecule has 0 radical (unpaired) electrons. The Kier molecular flexibility index (Phi) is 45.9. The van der Waals surface area contributed by atoms with Crippen molar-refractivity contribution in [1.29, 1.82) is 0 Å². The minimum atomic E-state index is -0.534. The van der Waals surface area contributed by atoms with Crippen molar-refractivity contribution in [2.45, 2.75) is 258 Å². The molecule has 0 saturated heterocycles. The Morgan fingerprint density at radius 2 is 0.804 bits per heavy atom. The summed E-state index contributed by atoms with van der Waals surface area (Å²) < 4.78 is 17.3. The third-order valence-corrected chi connectivity index (χ3v) is 10.7. The molecule has 0 rings (SSSR count). The van der Waals surface area contributed by atoms with Crippen molar-refractivity contribution in [3.05, 3.63) is 36.5 Å². The molecule has 0 bridgehead atoms. The Balaban J connectivity index is 4.11. The van der Waals surface area contributed by atoms with E-state index in [1.165, 1.54) is 154 Å². The molecule has 1 atom stereocenters. The molecule has 1 unspecified atom stereocenters. The lowest BCUT2D eigenvalue weighted by atomic mass is 10.0. The van der Waals surface area contributed by atoms with Crippen LogP contribution in [-0.2, 0) is 23.8 Å². The Bertz CT molecular complexity index is 893. The summed E-state index contributed by atoms with van der Waals surface area (Å²) in [6, 6.07) is 0. The molecule has 0 saturated carbocycles. The van der Waals surface area contributed by atoms with Crippen LogP contribution in [0.3, 0.4) is 0 Å². The molecule has 0 aromatic heterocycles. The summed E-state index contributed by atoms with van der Waals surface area (Å²) in [5.74, 6) is -0.399. The summed E-state index contributed by atoms with van der Waals surface area (Å²) in [5, 5.41) is 0. The first-order valence-corrected chi connectivity index (χ1v) is 24.5. The number of carbonyl (C=O) groups excluding carboxylic acids is 2. The molecule has 56 heavy (non-hydrogen) atoms. The third kappa shape index (κ3) is 44.8. The van der Waals surface area contributed by atoms with Crippen LogP contribution in [0.4, 0.5) is 0 Å². The molecule has 0 aromatic rings. The standard InChI is InChI=1S/C51H94O5/c1-4-7-10-13-16-18-20-22-24-26-27-29-31-33-36-38-41-44-50(52)55-48-49(56-51(53)45-42-39-35-15-12-9-6-3)47-54-46-43-40-37-34-32-30-28-25-23-21-19-17-14-11-8-5-2/h8,11,17,19,23,25,49H,4-7,9-10,12-16,18,20-22,24,26-48H2,1-3H3/b11-8-,19-17-,25-23-. The highest BCUT2D eigenvalue weighted by molar-refractivity contribution is 5.70. The van der Waals surface area contributed by atoms with Crippen LogP contribution in [-0.4, -0.2) is 37.9 Å². The quantitative estimate of drug-likeness (QED) is 0.0349. The van der Waals surface area contributed by atoms with Gasteiger partial charge in [-0.25, -0.2) is 0 Å². The van der Waals surface area contributed by atoms with Crippen molar-refractivity contribution in [2.75, 3.05) is 19.8 Å². The molecule has 0 aliphatic heterocycles. The van der Waals surface area contributed by atoms with Crippen LogP contribution in [0.25, 0.3) is 0 Å². The SMILES string of the molecule is CC/C=C\C/C=C\C/C=C\CCCCCCCCOCC(COC(=O)CCCCCCCCCCCCCCCCCCC)OC(=O)CCCCCCCCC. The maximum absolute atomic E-state index is 12.6. The fourth-order valence-corrected chi connectivity index (χ4v) is 7.05. The maximum Gasteiger partial charge on any atom is 0.306 e. The van der Waals surface area contributed by atoms with Gasteiger partial charge in [0.15, 0.2) is 6.10 Å². The van der Waals surface area contributed by atoms with Gasteiger partial charge in [-0.2, -0.15) is 0 Å². The molecule has 5 nitrogen and oxygen atoms in total. The van der Waals surface area contributed by atoms with Gasteiger partial charge in [0.2, 0.25) is 0 Å². The van der Waals surface area contributed by atoms with Crippen molar-refractivity contribution >= 4 is 11.9 Å². The van der Waals surface area contributed by atoms with Gasteiger partial charge in [-0.05, 0) is 51.4 Å². The zero-order valence-corrected chi connectivity index (χ0v) is 37.7. The molecule has 0 fully saturated rings. The average Bonchev–Trinajstić information content (AvgIpc) is 3.20. The number of hydrogen-bond acceptors (Lipinski definition) is 5. The summed E-state index contributed by atoms with van der Waals surface area (Å²) in [6.45, 7) is 7.69. The predicted octanol–water partition coefficient (Wildman–Crippen LogP) is 16.2. The summed E-state index contributed by atoms with van der Waals surface area (Å²) in [7, 11) is 0. The van der Waals surface area contributed by atoms with Crippen LogP contribution < -0.4 is 0 Å². The molecule has 0 N–H and O–H groups in total. The third-order valence-electron chi connectivity index (χ3n) is 10.7. The average molecular weight is 787 g/mol. The number of unbranched alkanes of at least 4 members (excludes halogenated alkanes) is 28. The lowest BCUT2D eigenvalue weighted by molar-refractivity contribution is -0.163. The number of esters is 2. The van der Waals surface area contributed by atoms with Gasteiger partial charge in [-0.15, -0.1) is 0 Å². The van der Waals surface area contributed by atoms with Gasteiger partial charge < -0.3 is 14.2 Å². The highest BCUT2D eigenvalue weighted by Crippen LogP contribution is 2.15. The van der Waals surface area contributed by atoms with E-state index in [1.54, 1.807) is 0 Å². The molecule has 5 heteroatoms. The normalized spacial score (nSPS) is 12.4. The van der Waals surface area contributed by atoms with E-state index in [2.05, 4.69) is 57.2 Å². The van der Waals surface area contributed by atoms with Crippen LogP contribution >= 0.6 is 0 Å². The van der Waals surface area contributed by atoms with Gasteiger partial charge in [0, 0.05) is 19.4 Å². The van der Waals surface area contributed by atoms with Crippen molar-refractivity contribution < 1.29 is 23.8 Å².